The van der Waals surface area contributed by atoms with Gasteiger partial charge in [0.2, 0.25) is 5.91 Å². The summed E-state index contributed by atoms with van der Waals surface area (Å²) in [5, 5.41) is 7.41. The Morgan fingerprint density at radius 3 is 2.89 bits per heavy atom. The van der Waals surface area contributed by atoms with Gasteiger partial charge in [0.25, 0.3) is 5.91 Å². The van der Waals surface area contributed by atoms with Crippen LogP contribution in [0, 0.1) is 0 Å². The van der Waals surface area contributed by atoms with Gasteiger partial charge < -0.3 is 15.6 Å². The first-order chi connectivity index (χ1) is 16.9. The van der Waals surface area contributed by atoms with Gasteiger partial charge >= 0.3 is 0 Å². The molecule has 8 nitrogen and oxygen atoms in total. The molecule has 0 aromatic carbocycles. The van der Waals surface area contributed by atoms with Gasteiger partial charge in [-0.15, -0.1) is 0 Å². The number of rotatable bonds is 5. The third-order valence-electron chi connectivity index (χ3n) is 7.20. The normalized spacial score (nSPS) is 21.5. The maximum absolute atomic E-state index is 13.6. The molecular formula is C27H32N6O2. The van der Waals surface area contributed by atoms with Crippen LogP contribution < -0.4 is 10.6 Å². The number of allylic oxidation sites excluding steroid dienone is 3. The summed E-state index contributed by atoms with van der Waals surface area (Å²) in [5.74, 6) is -0.210. The monoisotopic (exact) mass is 472 g/mol. The molecule has 0 bridgehead atoms. The Labute approximate surface area is 205 Å². The molecule has 3 heterocycles. The summed E-state index contributed by atoms with van der Waals surface area (Å²) in [6.45, 7) is 6.56. The molecule has 0 spiro atoms. The van der Waals surface area contributed by atoms with Crippen LogP contribution in [0.2, 0.25) is 0 Å². The third-order valence-corrected chi connectivity index (χ3v) is 7.20. The van der Waals surface area contributed by atoms with E-state index in [1.54, 1.807) is 19.4 Å². The van der Waals surface area contributed by atoms with Gasteiger partial charge in [0.1, 0.15) is 6.04 Å². The number of aromatic amines is 1. The Morgan fingerprint density at radius 1 is 1.34 bits per heavy atom. The van der Waals surface area contributed by atoms with Crippen molar-refractivity contribution in [2.24, 2.45) is 4.99 Å². The predicted molar refractivity (Wildman–Crippen MR) is 136 cm³/mol. The lowest BCUT2D eigenvalue weighted by atomic mass is 9.94. The van der Waals surface area contributed by atoms with Gasteiger partial charge in [-0.1, -0.05) is 24.3 Å². The van der Waals surface area contributed by atoms with E-state index in [0.717, 1.165) is 42.3 Å². The molecule has 2 aromatic heterocycles. The van der Waals surface area contributed by atoms with Crippen LogP contribution in [-0.2, 0) is 16.1 Å². The van der Waals surface area contributed by atoms with Crippen molar-refractivity contribution >= 4 is 28.6 Å². The maximum Gasteiger partial charge on any atom is 0.293 e. The number of carbonyl (C=O) groups excluding carboxylic acids is 2. The third kappa shape index (κ3) is 4.52. The highest BCUT2D eigenvalue weighted by Gasteiger charge is 2.48. The summed E-state index contributed by atoms with van der Waals surface area (Å²) in [7, 11) is 1.62. The average Bonchev–Trinajstić information content (AvgIpc) is 3.36. The van der Waals surface area contributed by atoms with E-state index >= 15 is 0 Å². The van der Waals surface area contributed by atoms with Crippen LogP contribution in [0.3, 0.4) is 0 Å². The Morgan fingerprint density at radius 2 is 2.17 bits per heavy atom. The number of amidine groups is 1. The highest BCUT2D eigenvalue weighted by molar-refractivity contribution is 6.38. The second-order valence-electron chi connectivity index (χ2n) is 9.74. The first-order valence-electron chi connectivity index (χ1n) is 12.2. The molecule has 0 radical (unpaired) electrons. The van der Waals surface area contributed by atoms with Gasteiger partial charge in [0.05, 0.1) is 12.1 Å². The summed E-state index contributed by atoms with van der Waals surface area (Å²) >= 11 is 0. The second-order valence-corrected chi connectivity index (χ2v) is 9.74. The number of hydrogen-bond acceptors (Lipinski definition) is 4. The van der Waals surface area contributed by atoms with Gasteiger partial charge in [-0.05, 0) is 63.2 Å². The van der Waals surface area contributed by atoms with Crippen LogP contribution in [0.1, 0.15) is 51.1 Å². The maximum atomic E-state index is 13.6. The Kier molecular flexibility index (Phi) is 6.05. The molecule has 2 aromatic rings. The minimum absolute atomic E-state index is 0.195. The van der Waals surface area contributed by atoms with E-state index in [2.05, 4.69) is 51.2 Å². The minimum atomic E-state index is -0.606. The number of nitrogens with one attached hydrogen (secondary N) is 3. The van der Waals surface area contributed by atoms with Crippen LogP contribution in [-0.4, -0.2) is 51.1 Å². The summed E-state index contributed by atoms with van der Waals surface area (Å²) in [6, 6.07) is 3.26. The van der Waals surface area contributed by atoms with Gasteiger partial charge in [0.15, 0.2) is 5.84 Å². The van der Waals surface area contributed by atoms with Crippen molar-refractivity contribution in [3.05, 3.63) is 65.8 Å². The largest absolute Gasteiger partial charge is 0.357 e. The van der Waals surface area contributed by atoms with Crippen molar-refractivity contribution < 1.29 is 9.59 Å². The van der Waals surface area contributed by atoms with Crippen LogP contribution in [0.5, 0.6) is 0 Å². The Hall–Kier alpha value is -3.68. The number of fused-ring (bicyclic) bond motifs is 1. The van der Waals surface area contributed by atoms with E-state index in [-0.39, 0.29) is 23.2 Å². The van der Waals surface area contributed by atoms with Crippen molar-refractivity contribution in [3.8, 4) is 0 Å². The zero-order valence-electron chi connectivity index (χ0n) is 20.4. The molecule has 2 aliphatic carbocycles. The molecule has 2 fully saturated rings. The van der Waals surface area contributed by atoms with E-state index in [1.165, 1.54) is 16.0 Å². The smallest absolute Gasteiger partial charge is 0.293 e. The van der Waals surface area contributed by atoms with Crippen molar-refractivity contribution in [3.63, 3.8) is 0 Å². The van der Waals surface area contributed by atoms with E-state index in [9.17, 15) is 9.59 Å². The van der Waals surface area contributed by atoms with Gasteiger partial charge in [-0.3, -0.25) is 24.5 Å². The molecule has 5 rings (SSSR count). The molecule has 1 aliphatic heterocycles. The quantitative estimate of drug-likeness (QED) is 0.458. The highest BCUT2D eigenvalue weighted by atomic mass is 16.2. The fourth-order valence-corrected chi connectivity index (χ4v) is 5.08. The first kappa shape index (κ1) is 23.1. The predicted octanol–water partition coefficient (Wildman–Crippen LogP) is 3.50. The molecule has 182 valence electrons. The molecular weight excluding hydrogens is 440 g/mol. The van der Waals surface area contributed by atoms with Crippen molar-refractivity contribution in [1.29, 1.82) is 0 Å². The summed E-state index contributed by atoms with van der Waals surface area (Å²) in [5.41, 5.74) is 4.85. The number of carbonyl (C=O) groups is 2. The van der Waals surface area contributed by atoms with E-state index in [1.807, 2.05) is 12.1 Å². The first-order valence-corrected chi connectivity index (χ1v) is 12.2. The number of pyridine rings is 1. The van der Waals surface area contributed by atoms with Crippen molar-refractivity contribution in [2.45, 2.75) is 63.6 Å². The minimum Gasteiger partial charge on any atom is -0.357 e. The van der Waals surface area contributed by atoms with Crippen LogP contribution in [0.25, 0.3) is 10.9 Å². The van der Waals surface area contributed by atoms with Crippen LogP contribution in [0.15, 0.2) is 65.1 Å². The molecule has 3 aliphatic rings. The highest BCUT2D eigenvalue weighted by Crippen LogP contribution is 2.45. The number of amides is 2. The fraction of sp³-hybridized carbons (Fsp3) is 0.407. The van der Waals surface area contributed by atoms with Crippen molar-refractivity contribution in [1.82, 2.24) is 25.5 Å². The van der Waals surface area contributed by atoms with E-state index in [0.29, 0.717) is 25.1 Å². The molecule has 1 atom stereocenters. The molecule has 3 N–H and O–H groups in total. The summed E-state index contributed by atoms with van der Waals surface area (Å²) in [4.78, 5) is 40.0. The number of aromatic nitrogens is 2. The SMILES string of the molecule is C=C1CCC(C(=O)NCc2cc3cnccc3[nH]2)N1C(=O)C(=NC)NC1(C2=CCCC(C)=C2)CC1. The fourth-order valence-electron chi connectivity index (χ4n) is 5.08. The molecule has 35 heavy (non-hydrogen) atoms. The number of hydrogen-bond donors (Lipinski definition) is 3. The van der Waals surface area contributed by atoms with Crippen molar-refractivity contribution in [2.75, 3.05) is 7.05 Å². The average molecular weight is 473 g/mol. The number of likely N-dealkylation sites (tertiary alicyclic amines) is 1. The van der Waals surface area contributed by atoms with E-state index in [4.69, 9.17) is 0 Å². The summed E-state index contributed by atoms with van der Waals surface area (Å²) < 4.78 is 0. The molecule has 8 heteroatoms. The van der Waals surface area contributed by atoms with Crippen LogP contribution in [0.4, 0.5) is 0 Å². The molecule has 1 unspecified atom stereocenters. The molecule has 1 saturated carbocycles. The Balaban J connectivity index is 1.27. The van der Waals surface area contributed by atoms with Gasteiger partial charge in [-0.2, -0.15) is 0 Å². The zero-order chi connectivity index (χ0) is 24.6. The van der Waals surface area contributed by atoms with Gasteiger partial charge in [0, 0.05) is 41.7 Å². The number of H-pyrrole nitrogens is 1. The zero-order valence-corrected chi connectivity index (χ0v) is 20.4. The van der Waals surface area contributed by atoms with E-state index < -0.39 is 6.04 Å². The van der Waals surface area contributed by atoms with Gasteiger partial charge in [-0.25, -0.2) is 0 Å². The number of aliphatic imine (C=N–C) groups is 1. The van der Waals surface area contributed by atoms with Crippen LogP contribution >= 0.6 is 0 Å². The topological polar surface area (TPSA) is 102 Å². The summed E-state index contributed by atoms with van der Waals surface area (Å²) in [6.07, 6.45) is 13.1. The lowest BCUT2D eigenvalue weighted by Crippen LogP contribution is -2.52. The molecule has 2 amide bonds. The number of nitrogens with zero attached hydrogens (tertiary/aromatic N) is 3. The Bertz CT molecular complexity index is 1250. The standard InChI is InChI=1S/C27H32N6O2/c1-17-5-4-6-20(13-17)27(10-11-27)32-24(28-3)26(35)33-18(2)7-8-23(33)25(34)30-16-21-14-19-15-29-12-9-22(19)31-21/h6,9,12-15,23,31H,2,4-5,7-8,10-11,16H2,1,3H3,(H,28,32)(H,30,34). The molecule has 1 saturated heterocycles. The lowest BCUT2D eigenvalue weighted by molar-refractivity contribution is -0.133. The lowest BCUT2D eigenvalue weighted by Gasteiger charge is -2.28. The second kappa shape index (κ2) is 9.17.